The summed E-state index contributed by atoms with van der Waals surface area (Å²) in [7, 11) is 1.58. The van der Waals surface area contributed by atoms with Crippen LogP contribution in [0.1, 0.15) is 12.8 Å². The molecule has 4 nitrogen and oxygen atoms in total. The molecule has 1 saturated heterocycles. The number of oxime groups is 1. The Morgan fingerprint density at radius 3 is 2.73 bits per heavy atom. The molecule has 1 aliphatic heterocycles. The summed E-state index contributed by atoms with van der Waals surface area (Å²) in [5.41, 5.74) is 7.55. The van der Waals surface area contributed by atoms with Gasteiger partial charge in [0, 0.05) is 24.3 Å². The Labute approximate surface area is 89.3 Å². The van der Waals surface area contributed by atoms with Crippen LogP contribution in [0.3, 0.4) is 0 Å². The van der Waals surface area contributed by atoms with Crippen LogP contribution in [0.2, 0.25) is 0 Å². The maximum absolute atomic E-state index is 5.65. The van der Waals surface area contributed by atoms with E-state index in [9.17, 15) is 0 Å². The van der Waals surface area contributed by atoms with E-state index in [0.717, 1.165) is 36.6 Å². The van der Waals surface area contributed by atoms with Crippen molar-refractivity contribution in [2.45, 2.75) is 12.8 Å². The lowest BCUT2D eigenvalue weighted by Crippen LogP contribution is -2.24. The molecule has 2 N–H and O–H groups in total. The summed E-state index contributed by atoms with van der Waals surface area (Å²) in [6, 6.07) is 7.81. The Morgan fingerprint density at radius 2 is 2.07 bits per heavy atom. The summed E-state index contributed by atoms with van der Waals surface area (Å²) in [6.07, 6.45) is 2.09. The topological polar surface area (TPSA) is 50.8 Å². The van der Waals surface area contributed by atoms with Crippen molar-refractivity contribution >= 4 is 17.2 Å². The molecule has 0 aliphatic carbocycles. The molecular formula is C11H15N3O. The third-order valence-electron chi connectivity index (χ3n) is 2.50. The van der Waals surface area contributed by atoms with Crippen LogP contribution in [0, 0.1) is 0 Å². The number of hydrogen-bond acceptors (Lipinski definition) is 3. The number of nitrogens with zero attached hydrogens (tertiary/aromatic N) is 2. The van der Waals surface area contributed by atoms with E-state index in [1.807, 2.05) is 24.3 Å². The summed E-state index contributed by atoms with van der Waals surface area (Å²) in [5, 5.41) is 4.02. The number of anilines is 2. The molecule has 0 bridgehead atoms. The van der Waals surface area contributed by atoms with Gasteiger partial charge in [0.2, 0.25) is 0 Å². The molecule has 0 aromatic heterocycles. The second kappa shape index (κ2) is 4.21. The lowest BCUT2D eigenvalue weighted by molar-refractivity contribution is 0.212. The molecule has 1 aromatic carbocycles. The number of nitrogens with two attached hydrogens (primary N) is 1. The van der Waals surface area contributed by atoms with Crippen LogP contribution in [0.4, 0.5) is 11.4 Å². The van der Waals surface area contributed by atoms with Crippen LogP contribution in [-0.2, 0) is 4.84 Å². The van der Waals surface area contributed by atoms with Crippen LogP contribution in [-0.4, -0.2) is 19.5 Å². The smallest absolute Gasteiger partial charge is 0.148 e. The van der Waals surface area contributed by atoms with Crippen LogP contribution in [0.5, 0.6) is 0 Å². The van der Waals surface area contributed by atoms with Gasteiger partial charge in [-0.3, -0.25) is 0 Å². The van der Waals surface area contributed by atoms with Gasteiger partial charge in [-0.15, -0.1) is 0 Å². The molecule has 1 aromatic rings. The van der Waals surface area contributed by atoms with E-state index in [-0.39, 0.29) is 0 Å². The van der Waals surface area contributed by atoms with Gasteiger partial charge in [0.25, 0.3) is 0 Å². The highest BCUT2D eigenvalue weighted by atomic mass is 16.6. The fourth-order valence-corrected chi connectivity index (χ4v) is 1.79. The lowest BCUT2D eigenvalue weighted by atomic mass is 10.2. The molecule has 1 fully saturated rings. The Morgan fingerprint density at radius 1 is 1.33 bits per heavy atom. The first-order chi connectivity index (χ1) is 7.31. The van der Waals surface area contributed by atoms with Gasteiger partial charge in [-0.2, -0.15) is 0 Å². The minimum atomic E-state index is 0.781. The fourth-order valence-electron chi connectivity index (χ4n) is 1.79. The van der Waals surface area contributed by atoms with Crippen LogP contribution < -0.4 is 10.6 Å². The standard InChI is InChI=1S/C11H15N3O/c1-15-13-11-3-2-8-14(11)10-6-4-9(12)5-7-10/h4-7H,2-3,8,12H2,1H3/b13-11+. The van der Waals surface area contributed by atoms with E-state index >= 15 is 0 Å². The lowest BCUT2D eigenvalue weighted by Gasteiger charge is -2.18. The zero-order valence-corrected chi connectivity index (χ0v) is 8.81. The molecule has 2 rings (SSSR count). The van der Waals surface area contributed by atoms with Gasteiger partial charge in [0.05, 0.1) is 0 Å². The average molecular weight is 205 g/mol. The summed E-state index contributed by atoms with van der Waals surface area (Å²) in [6.45, 7) is 0.992. The van der Waals surface area contributed by atoms with Crippen molar-refractivity contribution in [2.24, 2.45) is 5.16 Å². The molecule has 0 saturated carbocycles. The summed E-state index contributed by atoms with van der Waals surface area (Å²) >= 11 is 0. The second-order valence-corrected chi connectivity index (χ2v) is 3.54. The van der Waals surface area contributed by atoms with Gasteiger partial charge < -0.3 is 15.5 Å². The molecule has 0 amide bonds. The Bertz CT molecular complexity index is 359. The molecule has 4 heteroatoms. The summed E-state index contributed by atoms with van der Waals surface area (Å²) < 4.78 is 0. The predicted octanol–water partition coefficient (Wildman–Crippen LogP) is 1.83. The van der Waals surface area contributed by atoms with Crippen molar-refractivity contribution in [3.8, 4) is 0 Å². The van der Waals surface area contributed by atoms with Gasteiger partial charge in [-0.25, -0.2) is 0 Å². The minimum absolute atomic E-state index is 0.781. The number of amidine groups is 1. The largest absolute Gasteiger partial charge is 0.399 e. The van der Waals surface area contributed by atoms with Gasteiger partial charge >= 0.3 is 0 Å². The first-order valence-electron chi connectivity index (χ1n) is 5.04. The van der Waals surface area contributed by atoms with Crippen molar-refractivity contribution < 1.29 is 4.84 Å². The van der Waals surface area contributed by atoms with Gasteiger partial charge in [0.1, 0.15) is 12.9 Å². The van der Waals surface area contributed by atoms with Crippen molar-refractivity contribution in [3.63, 3.8) is 0 Å². The number of nitrogen functional groups attached to an aromatic ring is 1. The average Bonchev–Trinajstić information content (AvgIpc) is 2.68. The van der Waals surface area contributed by atoms with E-state index in [2.05, 4.69) is 10.1 Å². The van der Waals surface area contributed by atoms with E-state index in [4.69, 9.17) is 10.6 Å². The molecule has 1 heterocycles. The molecule has 1 aliphatic rings. The SMILES string of the molecule is CO/N=C1\CCCN1c1ccc(N)cc1. The quantitative estimate of drug-likeness (QED) is 0.592. The molecule has 0 atom stereocenters. The van der Waals surface area contributed by atoms with Crippen LogP contribution >= 0.6 is 0 Å². The van der Waals surface area contributed by atoms with E-state index in [1.54, 1.807) is 7.11 Å². The molecule has 0 unspecified atom stereocenters. The normalized spacial score (nSPS) is 18.5. The van der Waals surface area contributed by atoms with Gasteiger partial charge in [0.15, 0.2) is 0 Å². The highest BCUT2D eigenvalue weighted by Gasteiger charge is 2.20. The predicted molar refractivity (Wildman–Crippen MR) is 61.9 cm³/mol. The van der Waals surface area contributed by atoms with Gasteiger partial charge in [-0.1, -0.05) is 5.16 Å². The Kier molecular flexibility index (Phi) is 2.76. The third kappa shape index (κ3) is 2.03. The van der Waals surface area contributed by atoms with E-state index in [0.29, 0.717) is 0 Å². The Balaban J connectivity index is 2.23. The monoisotopic (exact) mass is 205 g/mol. The maximum Gasteiger partial charge on any atom is 0.148 e. The van der Waals surface area contributed by atoms with Crippen LogP contribution in [0.15, 0.2) is 29.4 Å². The first kappa shape index (κ1) is 9.83. The maximum atomic E-state index is 5.65. The first-order valence-corrected chi connectivity index (χ1v) is 5.04. The Hall–Kier alpha value is -1.71. The van der Waals surface area contributed by atoms with Crippen molar-refractivity contribution in [1.29, 1.82) is 0 Å². The zero-order valence-electron chi connectivity index (χ0n) is 8.81. The molecule has 0 radical (unpaired) electrons. The van der Waals surface area contributed by atoms with Crippen molar-refractivity contribution in [3.05, 3.63) is 24.3 Å². The molecule has 80 valence electrons. The highest BCUT2D eigenvalue weighted by molar-refractivity contribution is 5.99. The van der Waals surface area contributed by atoms with E-state index < -0.39 is 0 Å². The van der Waals surface area contributed by atoms with Crippen molar-refractivity contribution in [2.75, 3.05) is 24.3 Å². The molecular weight excluding hydrogens is 190 g/mol. The molecule has 15 heavy (non-hydrogen) atoms. The minimum Gasteiger partial charge on any atom is -0.399 e. The number of benzene rings is 1. The zero-order chi connectivity index (χ0) is 10.7. The van der Waals surface area contributed by atoms with E-state index in [1.165, 1.54) is 0 Å². The van der Waals surface area contributed by atoms with Crippen LogP contribution in [0.25, 0.3) is 0 Å². The summed E-state index contributed by atoms with van der Waals surface area (Å²) in [4.78, 5) is 6.98. The van der Waals surface area contributed by atoms with Gasteiger partial charge in [-0.05, 0) is 30.7 Å². The number of hydrogen-bond donors (Lipinski definition) is 1. The second-order valence-electron chi connectivity index (χ2n) is 3.54. The van der Waals surface area contributed by atoms with Crippen molar-refractivity contribution in [1.82, 2.24) is 0 Å². The number of rotatable bonds is 2. The summed E-state index contributed by atoms with van der Waals surface area (Å²) in [5.74, 6) is 0.988. The fraction of sp³-hybridized carbons (Fsp3) is 0.364. The highest BCUT2D eigenvalue weighted by Crippen LogP contribution is 2.22. The third-order valence-corrected chi connectivity index (χ3v) is 2.50. The molecule has 0 spiro atoms.